The van der Waals surface area contributed by atoms with Crippen LogP contribution in [0.1, 0.15) is 36.2 Å². The molecule has 1 amide bonds. The number of rotatable bonds is 1. The van der Waals surface area contributed by atoms with Gasteiger partial charge in [0.1, 0.15) is 6.26 Å². The Morgan fingerprint density at radius 1 is 1.26 bits per heavy atom. The summed E-state index contributed by atoms with van der Waals surface area (Å²) >= 11 is 0. The minimum absolute atomic E-state index is 0. The first-order valence-electron chi connectivity index (χ1n) is 6.70. The van der Waals surface area contributed by atoms with Gasteiger partial charge in [0.05, 0.1) is 0 Å². The average Bonchev–Trinajstić information content (AvgIpc) is 2.94. The van der Waals surface area contributed by atoms with E-state index >= 15 is 0 Å². The first kappa shape index (κ1) is 14.3. The van der Waals surface area contributed by atoms with Crippen molar-refractivity contribution in [3.05, 3.63) is 18.0 Å². The average molecular weight is 286 g/mol. The van der Waals surface area contributed by atoms with Crippen LogP contribution in [0.25, 0.3) is 0 Å². The fourth-order valence-electron chi connectivity index (χ4n) is 3.13. The number of hydrogen-bond acceptors (Lipinski definition) is 4. The van der Waals surface area contributed by atoms with Crippen molar-refractivity contribution in [2.24, 2.45) is 5.41 Å². The normalized spacial score (nSPS) is 22.0. The third-order valence-corrected chi connectivity index (χ3v) is 4.43. The van der Waals surface area contributed by atoms with Gasteiger partial charge in [0, 0.05) is 19.2 Å². The van der Waals surface area contributed by atoms with E-state index in [1.54, 1.807) is 6.07 Å². The molecule has 1 spiro atoms. The van der Waals surface area contributed by atoms with Crippen molar-refractivity contribution in [1.82, 2.24) is 15.4 Å². The molecule has 2 saturated heterocycles. The number of carbonyl (C=O) groups excluding carboxylic acids is 1. The molecule has 0 aromatic carbocycles. The van der Waals surface area contributed by atoms with Crippen LogP contribution in [-0.4, -0.2) is 42.1 Å². The summed E-state index contributed by atoms with van der Waals surface area (Å²) in [5.74, 6) is 0.00698. The molecule has 6 heteroatoms. The molecular formula is C13H20ClN3O2. The molecule has 2 aliphatic rings. The molecule has 1 aromatic rings. The van der Waals surface area contributed by atoms with E-state index in [-0.39, 0.29) is 18.3 Å². The number of amides is 1. The van der Waals surface area contributed by atoms with Crippen molar-refractivity contribution < 1.29 is 9.32 Å². The van der Waals surface area contributed by atoms with Crippen molar-refractivity contribution in [2.45, 2.75) is 25.7 Å². The lowest BCUT2D eigenvalue weighted by Crippen LogP contribution is -2.47. The molecule has 0 unspecified atom stereocenters. The molecule has 106 valence electrons. The highest BCUT2D eigenvalue weighted by Crippen LogP contribution is 2.39. The molecule has 3 heterocycles. The van der Waals surface area contributed by atoms with Crippen LogP contribution in [0.3, 0.4) is 0 Å². The quantitative estimate of drug-likeness (QED) is 0.853. The van der Waals surface area contributed by atoms with Gasteiger partial charge in [0.2, 0.25) is 0 Å². The van der Waals surface area contributed by atoms with Gasteiger partial charge in [-0.15, -0.1) is 12.4 Å². The minimum Gasteiger partial charge on any atom is -0.364 e. The Morgan fingerprint density at radius 2 is 1.95 bits per heavy atom. The molecule has 0 bridgehead atoms. The first-order chi connectivity index (χ1) is 8.79. The van der Waals surface area contributed by atoms with Gasteiger partial charge in [-0.05, 0) is 44.2 Å². The van der Waals surface area contributed by atoms with Gasteiger partial charge < -0.3 is 14.7 Å². The second kappa shape index (κ2) is 5.92. The third kappa shape index (κ3) is 2.92. The Labute approximate surface area is 119 Å². The molecule has 1 aromatic heterocycles. The van der Waals surface area contributed by atoms with E-state index < -0.39 is 0 Å². The highest BCUT2D eigenvalue weighted by Gasteiger charge is 2.37. The van der Waals surface area contributed by atoms with Crippen molar-refractivity contribution >= 4 is 18.3 Å². The maximum atomic E-state index is 12.1. The number of likely N-dealkylation sites (tertiary alicyclic amines) is 1. The van der Waals surface area contributed by atoms with E-state index in [1.165, 1.54) is 19.1 Å². The molecule has 0 radical (unpaired) electrons. The lowest BCUT2D eigenvalue weighted by atomic mass is 9.71. The zero-order valence-electron chi connectivity index (χ0n) is 10.9. The van der Waals surface area contributed by atoms with Crippen LogP contribution in [0.4, 0.5) is 0 Å². The van der Waals surface area contributed by atoms with Gasteiger partial charge in [-0.25, -0.2) is 0 Å². The number of hydrogen-bond donors (Lipinski definition) is 1. The summed E-state index contributed by atoms with van der Waals surface area (Å²) < 4.78 is 4.73. The summed E-state index contributed by atoms with van der Waals surface area (Å²) in [4.78, 5) is 14.0. The monoisotopic (exact) mass is 285 g/mol. The molecule has 0 aliphatic carbocycles. The first-order valence-corrected chi connectivity index (χ1v) is 6.70. The van der Waals surface area contributed by atoms with Crippen molar-refractivity contribution in [2.75, 3.05) is 26.2 Å². The van der Waals surface area contributed by atoms with E-state index in [9.17, 15) is 4.79 Å². The summed E-state index contributed by atoms with van der Waals surface area (Å²) in [6.07, 6.45) is 6.19. The third-order valence-electron chi connectivity index (χ3n) is 4.43. The van der Waals surface area contributed by atoms with Crippen LogP contribution < -0.4 is 5.32 Å². The van der Waals surface area contributed by atoms with E-state index in [0.29, 0.717) is 11.1 Å². The Hall–Kier alpha value is -1.07. The van der Waals surface area contributed by atoms with Crippen LogP contribution in [0.5, 0.6) is 0 Å². The maximum Gasteiger partial charge on any atom is 0.276 e. The smallest absolute Gasteiger partial charge is 0.276 e. The second-order valence-electron chi connectivity index (χ2n) is 5.43. The summed E-state index contributed by atoms with van der Waals surface area (Å²) in [6, 6.07) is 1.64. The number of piperidine rings is 2. The Bertz CT molecular complexity index is 406. The van der Waals surface area contributed by atoms with Crippen LogP contribution in [0, 0.1) is 5.41 Å². The lowest BCUT2D eigenvalue weighted by molar-refractivity contribution is 0.0487. The van der Waals surface area contributed by atoms with Crippen molar-refractivity contribution in [3.8, 4) is 0 Å². The molecule has 3 rings (SSSR count). The number of halogens is 1. The molecular weight excluding hydrogens is 266 g/mol. The molecule has 5 nitrogen and oxygen atoms in total. The van der Waals surface area contributed by atoms with Gasteiger partial charge in [-0.1, -0.05) is 5.16 Å². The Balaban J connectivity index is 0.00000133. The number of aromatic nitrogens is 1. The van der Waals surface area contributed by atoms with Crippen LogP contribution in [0.2, 0.25) is 0 Å². The van der Waals surface area contributed by atoms with E-state index in [4.69, 9.17) is 4.52 Å². The summed E-state index contributed by atoms with van der Waals surface area (Å²) in [5.41, 5.74) is 0.905. The summed E-state index contributed by atoms with van der Waals surface area (Å²) in [7, 11) is 0. The number of carbonyl (C=O) groups is 1. The SMILES string of the molecule is Cl.O=C(c1ccon1)N1CCC2(CCNCC2)CC1. The van der Waals surface area contributed by atoms with Gasteiger partial charge in [0.15, 0.2) is 5.69 Å². The number of nitrogens with one attached hydrogen (secondary N) is 1. The number of nitrogens with zero attached hydrogens (tertiary/aromatic N) is 2. The van der Waals surface area contributed by atoms with E-state index in [2.05, 4.69) is 10.5 Å². The molecule has 2 fully saturated rings. The summed E-state index contributed by atoms with van der Waals surface area (Å²) in [6.45, 7) is 3.95. The largest absolute Gasteiger partial charge is 0.364 e. The molecule has 2 aliphatic heterocycles. The van der Waals surface area contributed by atoms with Gasteiger partial charge in [-0.2, -0.15) is 0 Å². The highest BCUT2D eigenvalue weighted by atomic mass is 35.5. The standard InChI is InChI=1S/C13H19N3O2.ClH/c17-12(11-1-10-18-15-11)16-8-4-13(5-9-16)2-6-14-7-3-13;/h1,10,14H,2-9H2;1H. The predicted octanol–water partition coefficient (Wildman–Crippen LogP) is 1.70. The van der Waals surface area contributed by atoms with Crippen molar-refractivity contribution in [3.63, 3.8) is 0 Å². The molecule has 0 atom stereocenters. The van der Waals surface area contributed by atoms with Gasteiger partial charge >= 0.3 is 0 Å². The highest BCUT2D eigenvalue weighted by molar-refractivity contribution is 5.92. The molecule has 1 N–H and O–H groups in total. The summed E-state index contributed by atoms with van der Waals surface area (Å²) in [5, 5.41) is 7.13. The van der Waals surface area contributed by atoms with E-state index in [1.807, 2.05) is 4.90 Å². The fourth-order valence-corrected chi connectivity index (χ4v) is 3.13. The van der Waals surface area contributed by atoms with Gasteiger partial charge in [-0.3, -0.25) is 4.79 Å². The van der Waals surface area contributed by atoms with Crippen LogP contribution in [-0.2, 0) is 0 Å². The molecule has 0 saturated carbocycles. The Morgan fingerprint density at radius 3 is 2.53 bits per heavy atom. The maximum absolute atomic E-state index is 12.1. The predicted molar refractivity (Wildman–Crippen MR) is 73.4 cm³/mol. The van der Waals surface area contributed by atoms with Crippen LogP contribution in [0.15, 0.2) is 16.9 Å². The fraction of sp³-hybridized carbons (Fsp3) is 0.692. The zero-order valence-corrected chi connectivity index (χ0v) is 11.7. The molecule has 19 heavy (non-hydrogen) atoms. The van der Waals surface area contributed by atoms with Crippen molar-refractivity contribution in [1.29, 1.82) is 0 Å². The van der Waals surface area contributed by atoms with Gasteiger partial charge in [0.25, 0.3) is 5.91 Å². The van der Waals surface area contributed by atoms with E-state index in [0.717, 1.165) is 39.0 Å². The lowest BCUT2D eigenvalue weighted by Gasteiger charge is -2.44. The zero-order chi connectivity index (χ0) is 12.4. The van der Waals surface area contributed by atoms with Crippen LogP contribution >= 0.6 is 12.4 Å². The Kier molecular flexibility index (Phi) is 4.47. The minimum atomic E-state index is 0. The topological polar surface area (TPSA) is 58.4 Å². The second-order valence-corrected chi connectivity index (χ2v) is 5.43.